The van der Waals surface area contributed by atoms with Gasteiger partial charge in [0.2, 0.25) is 0 Å². The summed E-state index contributed by atoms with van der Waals surface area (Å²) in [5.74, 6) is 1.07. The van der Waals surface area contributed by atoms with Crippen LogP contribution in [0.4, 0.5) is 5.82 Å². The van der Waals surface area contributed by atoms with Crippen LogP contribution >= 0.6 is 11.6 Å². The second-order valence-corrected chi connectivity index (χ2v) is 7.83. The lowest BCUT2D eigenvalue weighted by molar-refractivity contribution is 0.661. The molecule has 5 rings (SSSR count). The lowest BCUT2D eigenvalue weighted by Gasteiger charge is -2.20. The lowest BCUT2D eigenvalue weighted by atomic mass is 9.96. The molecular formula is C23H22ClN5. The molecule has 0 amide bonds. The Kier molecular flexibility index (Phi) is 4.90. The van der Waals surface area contributed by atoms with Crippen LogP contribution < -0.4 is 5.32 Å². The minimum atomic E-state index is 0.725. The summed E-state index contributed by atoms with van der Waals surface area (Å²) < 4.78 is 1.96. The van der Waals surface area contributed by atoms with Crippen LogP contribution in [0.1, 0.15) is 29.8 Å². The zero-order valence-electron chi connectivity index (χ0n) is 16.1. The zero-order valence-corrected chi connectivity index (χ0v) is 16.9. The maximum atomic E-state index is 6.04. The van der Waals surface area contributed by atoms with E-state index in [0.29, 0.717) is 0 Å². The van der Waals surface area contributed by atoms with E-state index < -0.39 is 0 Å². The second kappa shape index (κ2) is 7.84. The summed E-state index contributed by atoms with van der Waals surface area (Å²) in [6, 6.07) is 15.9. The second-order valence-electron chi connectivity index (χ2n) is 7.40. The molecule has 0 spiro atoms. The average Bonchev–Trinajstić information content (AvgIpc) is 3.18. The molecule has 29 heavy (non-hydrogen) atoms. The van der Waals surface area contributed by atoms with Crippen molar-refractivity contribution in [2.75, 3.05) is 11.9 Å². The Hall–Kier alpha value is -2.92. The summed E-state index contributed by atoms with van der Waals surface area (Å²) in [6.45, 7) is 0.804. The van der Waals surface area contributed by atoms with E-state index >= 15 is 0 Å². The molecule has 0 unspecified atom stereocenters. The number of hydrogen-bond donors (Lipinski definition) is 1. The van der Waals surface area contributed by atoms with Crippen LogP contribution in [0.5, 0.6) is 0 Å². The number of benzene rings is 1. The van der Waals surface area contributed by atoms with Gasteiger partial charge in [-0.1, -0.05) is 29.8 Å². The minimum Gasteiger partial charge on any atom is -0.369 e. The van der Waals surface area contributed by atoms with Gasteiger partial charge in [-0.2, -0.15) is 9.61 Å². The number of nitrogens with zero attached hydrogens (tertiary/aromatic N) is 4. The van der Waals surface area contributed by atoms with Gasteiger partial charge in [-0.25, -0.2) is 4.98 Å². The molecule has 146 valence electrons. The van der Waals surface area contributed by atoms with Crippen molar-refractivity contribution >= 4 is 23.1 Å². The van der Waals surface area contributed by atoms with Gasteiger partial charge in [-0.15, -0.1) is 0 Å². The van der Waals surface area contributed by atoms with Crippen molar-refractivity contribution in [2.24, 2.45) is 0 Å². The Labute approximate surface area is 174 Å². The fourth-order valence-electron chi connectivity index (χ4n) is 3.95. The van der Waals surface area contributed by atoms with Crippen molar-refractivity contribution in [3.05, 3.63) is 76.7 Å². The quantitative estimate of drug-likeness (QED) is 0.510. The van der Waals surface area contributed by atoms with Gasteiger partial charge in [0.25, 0.3) is 0 Å². The van der Waals surface area contributed by atoms with Gasteiger partial charge < -0.3 is 5.32 Å². The molecule has 0 fully saturated rings. The van der Waals surface area contributed by atoms with Crippen molar-refractivity contribution in [3.8, 4) is 11.3 Å². The SMILES string of the molecule is Clc1ccc(-c2cc3nc4c(c(NCCc5ccccn5)n3n2)CCCC4)cc1. The fourth-order valence-corrected chi connectivity index (χ4v) is 4.07. The van der Waals surface area contributed by atoms with Gasteiger partial charge in [-0.3, -0.25) is 4.98 Å². The molecule has 0 atom stereocenters. The van der Waals surface area contributed by atoms with E-state index in [1.807, 2.05) is 47.1 Å². The number of anilines is 1. The van der Waals surface area contributed by atoms with Gasteiger partial charge in [0.05, 0.1) is 5.69 Å². The maximum absolute atomic E-state index is 6.04. The van der Waals surface area contributed by atoms with Crippen LogP contribution in [0.2, 0.25) is 5.02 Å². The highest BCUT2D eigenvalue weighted by molar-refractivity contribution is 6.30. The topological polar surface area (TPSA) is 55.1 Å². The van der Waals surface area contributed by atoms with Gasteiger partial charge in [0.1, 0.15) is 5.82 Å². The Balaban J connectivity index is 1.51. The zero-order chi connectivity index (χ0) is 19.6. The lowest BCUT2D eigenvalue weighted by Crippen LogP contribution is -2.17. The van der Waals surface area contributed by atoms with E-state index in [2.05, 4.69) is 22.4 Å². The Bertz CT molecular complexity index is 1140. The van der Waals surface area contributed by atoms with Gasteiger partial charge in [0, 0.05) is 52.8 Å². The number of nitrogens with one attached hydrogen (secondary N) is 1. The first-order valence-electron chi connectivity index (χ1n) is 10.1. The van der Waals surface area contributed by atoms with Crippen LogP contribution in [-0.2, 0) is 19.3 Å². The van der Waals surface area contributed by atoms with Crippen molar-refractivity contribution in [1.29, 1.82) is 0 Å². The van der Waals surface area contributed by atoms with Crippen molar-refractivity contribution in [2.45, 2.75) is 32.1 Å². The highest BCUT2D eigenvalue weighted by Crippen LogP contribution is 2.30. The summed E-state index contributed by atoms with van der Waals surface area (Å²) in [5, 5.41) is 9.24. The summed E-state index contributed by atoms with van der Waals surface area (Å²) in [7, 11) is 0. The molecule has 1 N–H and O–H groups in total. The third-order valence-electron chi connectivity index (χ3n) is 5.42. The molecule has 1 aliphatic carbocycles. The molecule has 0 bridgehead atoms. The van der Waals surface area contributed by atoms with Gasteiger partial charge >= 0.3 is 0 Å². The fraction of sp³-hybridized carbons (Fsp3) is 0.261. The van der Waals surface area contributed by atoms with Gasteiger partial charge in [-0.05, 0) is 49.9 Å². The summed E-state index contributed by atoms with van der Waals surface area (Å²) in [6.07, 6.45) is 7.17. The predicted octanol–water partition coefficient (Wildman–Crippen LogP) is 4.98. The van der Waals surface area contributed by atoms with Crippen LogP contribution in [0.15, 0.2) is 54.7 Å². The van der Waals surface area contributed by atoms with E-state index in [-0.39, 0.29) is 0 Å². The molecule has 0 saturated heterocycles. The number of aryl methyl sites for hydroxylation is 1. The summed E-state index contributed by atoms with van der Waals surface area (Å²) >= 11 is 6.04. The van der Waals surface area contributed by atoms with Crippen LogP contribution in [0.3, 0.4) is 0 Å². The first kappa shape index (κ1) is 18.1. The number of hydrogen-bond acceptors (Lipinski definition) is 4. The Morgan fingerprint density at radius 2 is 1.90 bits per heavy atom. The summed E-state index contributed by atoms with van der Waals surface area (Å²) in [4.78, 5) is 9.35. The minimum absolute atomic E-state index is 0.725. The smallest absolute Gasteiger partial charge is 0.158 e. The third-order valence-corrected chi connectivity index (χ3v) is 5.67. The Morgan fingerprint density at radius 3 is 2.72 bits per heavy atom. The van der Waals surface area contributed by atoms with Crippen LogP contribution in [0.25, 0.3) is 16.9 Å². The van der Waals surface area contributed by atoms with Crippen LogP contribution in [-0.4, -0.2) is 26.1 Å². The first-order chi connectivity index (χ1) is 14.3. The number of aromatic nitrogens is 4. The van der Waals surface area contributed by atoms with E-state index in [1.54, 1.807) is 0 Å². The molecule has 1 aliphatic rings. The van der Waals surface area contributed by atoms with Crippen molar-refractivity contribution in [3.63, 3.8) is 0 Å². The monoisotopic (exact) mass is 403 g/mol. The average molecular weight is 404 g/mol. The predicted molar refractivity (Wildman–Crippen MR) is 117 cm³/mol. The number of pyridine rings is 1. The normalized spacial score (nSPS) is 13.4. The molecule has 3 heterocycles. The van der Waals surface area contributed by atoms with E-state index in [4.69, 9.17) is 21.7 Å². The molecule has 0 saturated carbocycles. The summed E-state index contributed by atoms with van der Waals surface area (Å²) in [5.41, 5.74) is 6.42. The van der Waals surface area contributed by atoms with Crippen molar-refractivity contribution < 1.29 is 0 Å². The molecule has 5 nitrogen and oxygen atoms in total. The largest absolute Gasteiger partial charge is 0.369 e. The molecule has 0 radical (unpaired) electrons. The van der Waals surface area contributed by atoms with E-state index in [1.165, 1.54) is 24.1 Å². The van der Waals surface area contributed by atoms with Crippen molar-refractivity contribution in [1.82, 2.24) is 19.6 Å². The van der Waals surface area contributed by atoms with Gasteiger partial charge in [0.15, 0.2) is 5.65 Å². The van der Waals surface area contributed by atoms with E-state index in [0.717, 1.165) is 59.2 Å². The van der Waals surface area contributed by atoms with E-state index in [9.17, 15) is 0 Å². The molecule has 6 heteroatoms. The Morgan fingerprint density at radius 1 is 1.03 bits per heavy atom. The maximum Gasteiger partial charge on any atom is 0.158 e. The van der Waals surface area contributed by atoms with Crippen LogP contribution in [0, 0.1) is 0 Å². The highest BCUT2D eigenvalue weighted by Gasteiger charge is 2.20. The molecular weight excluding hydrogens is 382 g/mol. The standard InChI is InChI=1S/C23H22ClN5/c24-17-10-8-16(9-11-17)21-15-22-27-20-7-2-1-6-19(20)23(29(22)28-21)26-14-12-18-5-3-4-13-25-18/h3-5,8-11,13,15,26H,1-2,6-7,12,14H2. The first-order valence-corrected chi connectivity index (χ1v) is 10.5. The molecule has 1 aromatic carbocycles. The number of fused-ring (bicyclic) bond motifs is 2. The highest BCUT2D eigenvalue weighted by atomic mass is 35.5. The molecule has 4 aromatic rings. The number of halogens is 1. The molecule has 0 aliphatic heterocycles. The molecule has 3 aromatic heterocycles. The third kappa shape index (κ3) is 3.70. The number of rotatable bonds is 5.